The van der Waals surface area contributed by atoms with Gasteiger partial charge in [-0.2, -0.15) is 0 Å². The number of carbonyl (C=O) groups excluding carboxylic acids is 3. The van der Waals surface area contributed by atoms with Crippen LogP contribution in [0.3, 0.4) is 0 Å². The van der Waals surface area contributed by atoms with Gasteiger partial charge in [-0.3, -0.25) is 14.6 Å². The predicted molar refractivity (Wildman–Crippen MR) is 119 cm³/mol. The number of aromatic nitrogens is 1. The molecule has 1 aromatic heterocycles. The average molecular weight is 455 g/mol. The van der Waals surface area contributed by atoms with Crippen LogP contribution in [-0.2, 0) is 35.1 Å². The number of nitrogens with zero attached hydrogens (tertiary/aromatic N) is 1. The Morgan fingerprint density at radius 3 is 2.97 bits per heavy atom. The fourth-order valence-electron chi connectivity index (χ4n) is 4.49. The van der Waals surface area contributed by atoms with Crippen LogP contribution >= 0.6 is 0 Å². The summed E-state index contributed by atoms with van der Waals surface area (Å²) in [4.78, 5) is 40.4. The maximum Gasteiger partial charge on any atom is 0.334 e. The lowest BCUT2D eigenvalue weighted by Crippen LogP contribution is -2.29. The maximum atomic E-state index is 12.2. The van der Waals surface area contributed by atoms with Gasteiger partial charge in [0.15, 0.2) is 0 Å². The number of esters is 2. The molecule has 0 spiro atoms. The number of rotatable bonds is 7. The van der Waals surface area contributed by atoms with Gasteiger partial charge in [-0.25, -0.2) is 4.79 Å². The molecule has 0 saturated carbocycles. The Morgan fingerprint density at radius 2 is 2.18 bits per heavy atom. The average Bonchev–Trinajstić information content (AvgIpc) is 3.40. The Kier molecular flexibility index (Phi) is 6.93. The van der Waals surface area contributed by atoms with Crippen molar-refractivity contribution in [2.24, 2.45) is 5.92 Å². The maximum absolute atomic E-state index is 12.2. The van der Waals surface area contributed by atoms with E-state index in [1.54, 1.807) is 6.20 Å². The summed E-state index contributed by atoms with van der Waals surface area (Å²) in [5.74, 6) is -1.08. The summed E-state index contributed by atoms with van der Waals surface area (Å²) in [6.07, 6.45) is 6.42. The van der Waals surface area contributed by atoms with Crippen molar-refractivity contribution in [1.29, 1.82) is 0 Å². The Labute approximate surface area is 193 Å². The van der Waals surface area contributed by atoms with E-state index in [1.807, 2.05) is 25.1 Å². The Bertz CT molecular complexity index is 959. The van der Waals surface area contributed by atoms with Crippen LogP contribution in [0.15, 0.2) is 48.2 Å². The summed E-state index contributed by atoms with van der Waals surface area (Å²) in [7, 11) is 0. The van der Waals surface area contributed by atoms with Crippen LogP contribution in [0.2, 0.25) is 0 Å². The molecule has 1 aliphatic carbocycles. The molecule has 8 nitrogen and oxygen atoms in total. The van der Waals surface area contributed by atoms with E-state index in [9.17, 15) is 14.4 Å². The molecule has 1 aromatic rings. The van der Waals surface area contributed by atoms with Crippen molar-refractivity contribution in [3.05, 3.63) is 53.9 Å². The summed E-state index contributed by atoms with van der Waals surface area (Å²) in [6, 6.07) is 5.48. The summed E-state index contributed by atoms with van der Waals surface area (Å²) in [5.41, 5.74) is 1.95. The molecule has 176 valence electrons. The normalized spacial score (nSPS) is 30.2. The molecule has 3 heterocycles. The fraction of sp³-hybridized carbons (Fsp3) is 0.520. The first-order valence-corrected chi connectivity index (χ1v) is 11.4. The van der Waals surface area contributed by atoms with Crippen LogP contribution in [0, 0.1) is 5.92 Å². The van der Waals surface area contributed by atoms with E-state index in [0.29, 0.717) is 25.0 Å². The molecular weight excluding hydrogens is 424 g/mol. The zero-order valence-corrected chi connectivity index (χ0v) is 18.9. The van der Waals surface area contributed by atoms with Crippen LogP contribution in [0.25, 0.3) is 0 Å². The lowest BCUT2D eigenvalue weighted by atomic mass is 9.84. The number of pyridine rings is 1. The van der Waals surface area contributed by atoms with Crippen molar-refractivity contribution >= 4 is 17.8 Å². The molecule has 0 bridgehead atoms. The molecule has 1 N–H and O–H groups in total. The van der Waals surface area contributed by atoms with Gasteiger partial charge in [0.1, 0.15) is 18.8 Å². The van der Waals surface area contributed by atoms with Crippen LogP contribution in [0.5, 0.6) is 0 Å². The number of hydrogen-bond acceptors (Lipinski definition) is 7. The Morgan fingerprint density at radius 1 is 1.33 bits per heavy atom. The van der Waals surface area contributed by atoms with Gasteiger partial charge < -0.3 is 19.5 Å². The molecule has 0 radical (unpaired) electrons. The van der Waals surface area contributed by atoms with E-state index in [0.717, 1.165) is 24.1 Å². The number of amides is 1. The molecule has 4 atom stereocenters. The summed E-state index contributed by atoms with van der Waals surface area (Å²) >= 11 is 0. The second-order valence-electron chi connectivity index (χ2n) is 9.05. The molecule has 2 aliphatic heterocycles. The molecule has 2 saturated heterocycles. The molecular formula is C25H30N2O6. The molecule has 1 amide bonds. The van der Waals surface area contributed by atoms with E-state index in [2.05, 4.69) is 23.0 Å². The number of allylic oxidation sites excluding steroid dienone is 1. The number of hydrogen-bond donors (Lipinski definition) is 1. The number of ether oxygens (including phenoxy) is 3. The molecule has 0 aromatic carbocycles. The third-order valence-corrected chi connectivity index (χ3v) is 6.61. The van der Waals surface area contributed by atoms with Crippen LogP contribution in [0.4, 0.5) is 0 Å². The Hall–Kier alpha value is -3.00. The van der Waals surface area contributed by atoms with Gasteiger partial charge in [-0.15, -0.1) is 0 Å². The van der Waals surface area contributed by atoms with Gasteiger partial charge in [0.25, 0.3) is 0 Å². The van der Waals surface area contributed by atoms with Gasteiger partial charge in [0, 0.05) is 24.1 Å². The zero-order valence-electron chi connectivity index (χ0n) is 18.9. The van der Waals surface area contributed by atoms with Gasteiger partial charge >= 0.3 is 11.9 Å². The molecule has 4 rings (SSSR count). The van der Waals surface area contributed by atoms with E-state index in [1.165, 1.54) is 0 Å². The topological polar surface area (TPSA) is 107 Å². The van der Waals surface area contributed by atoms with Crippen molar-refractivity contribution in [3.8, 4) is 0 Å². The highest BCUT2D eigenvalue weighted by molar-refractivity contribution is 5.91. The van der Waals surface area contributed by atoms with Crippen molar-refractivity contribution in [2.45, 2.75) is 69.8 Å². The standard InChI is InChI=1S/C25H30N2O6/c1-16-19-9-8-17(6-5-12-25(2)23(33-25)22(19)32-24(16)30)15-31-21(29)11-10-20(28)27-14-18-7-3-4-13-26-18/h3-4,6-7,13,19,22-23H,1,5,8-12,14-15H2,2H3,(H,27,28)/b17-6+/t19-,22-,23-,25+/m0/s1. The minimum absolute atomic E-state index is 0.0127. The highest BCUT2D eigenvalue weighted by Crippen LogP contribution is 2.49. The highest BCUT2D eigenvalue weighted by atomic mass is 16.6. The van der Waals surface area contributed by atoms with Crippen molar-refractivity contribution in [2.75, 3.05) is 6.61 Å². The van der Waals surface area contributed by atoms with Crippen molar-refractivity contribution < 1.29 is 28.6 Å². The first kappa shape index (κ1) is 23.2. The summed E-state index contributed by atoms with van der Waals surface area (Å²) in [6.45, 7) is 6.46. The highest BCUT2D eigenvalue weighted by Gasteiger charge is 2.61. The first-order valence-electron chi connectivity index (χ1n) is 11.4. The molecule has 0 unspecified atom stereocenters. The number of fused-ring (bicyclic) bond motifs is 3. The monoisotopic (exact) mass is 454 g/mol. The number of epoxide rings is 1. The fourth-order valence-corrected chi connectivity index (χ4v) is 4.49. The van der Waals surface area contributed by atoms with E-state index in [4.69, 9.17) is 14.2 Å². The van der Waals surface area contributed by atoms with Gasteiger partial charge in [-0.05, 0) is 50.3 Å². The summed E-state index contributed by atoms with van der Waals surface area (Å²) < 4.78 is 16.9. The van der Waals surface area contributed by atoms with Crippen LogP contribution < -0.4 is 5.32 Å². The predicted octanol–water partition coefficient (Wildman–Crippen LogP) is 2.78. The first-order chi connectivity index (χ1) is 15.9. The number of carbonyl (C=O) groups is 3. The smallest absolute Gasteiger partial charge is 0.334 e. The van der Waals surface area contributed by atoms with Crippen LogP contribution in [-0.4, -0.2) is 47.2 Å². The van der Waals surface area contributed by atoms with Crippen molar-refractivity contribution in [3.63, 3.8) is 0 Å². The second kappa shape index (κ2) is 9.87. The molecule has 2 fully saturated rings. The lowest BCUT2D eigenvalue weighted by Gasteiger charge is -2.20. The minimum atomic E-state index is -0.416. The molecule has 8 heteroatoms. The Balaban J connectivity index is 1.24. The van der Waals surface area contributed by atoms with E-state index in [-0.39, 0.29) is 55.1 Å². The van der Waals surface area contributed by atoms with Crippen LogP contribution in [0.1, 0.15) is 51.1 Å². The van der Waals surface area contributed by atoms with E-state index < -0.39 is 5.97 Å². The quantitative estimate of drug-likeness (QED) is 0.292. The van der Waals surface area contributed by atoms with Gasteiger partial charge in [0.2, 0.25) is 5.91 Å². The third kappa shape index (κ3) is 5.68. The molecule has 33 heavy (non-hydrogen) atoms. The summed E-state index contributed by atoms with van der Waals surface area (Å²) in [5, 5.41) is 2.75. The van der Waals surface area contributed by atoms with Crippen molar-refractivity contribution in [1.82, 2.24) is 10.3 Å². The molecule has 3 aliphatic rings. The zero-order chi connectivity index (χ0) is 23.4. The minimum Gasteiger partial charge on any atom is -0.461 e. The van der Waals surface area contributed by atoms with Gasteiger partial charge in [0.05, 0.1) is 24.3 Å². The number of nitrogens with one attached hydrogen (secondary N) is 1. The third-order valence-electron chi connectivity index (χ3n) is 6.61. The largest absolute Gasteiger partial charge is 0.461 e. The SMILES string of the molecule is C=C1C(=O)O[C@H]2[C@H]1CC/C(COC(=O)CCC(=O)NCc1ccccn1)=C\CC[C@@]1(C)O[C@@H]21. The van der Waals surface area contributed by atoms with E-state index >= 15 is 0 Å². The van der Waals surface area contributed by atoms with Gasteiger partial charge in [-0.1, -0.05) is 18.7 Å². The lowest BCUT2D eigenvalue weighted by molar-refractivity contribution is -0.144. The second-order valence-corrected chi connectivity index (χ2v) is 9.05.